The van der Waals surface area contributed by atoms with Crippen molar-refractivity contribution < 1.29 is 5.11 Å². The lowest BCUT2D eigenvalue weighted by molar-refractivity contribution is 0.0820. The Balaban J connectivity index is 1.68. The molecule has 0 amide bonds. The van der Waals surface area contributed by atoms with Gasteiger partial charge in [0.1, 0.15) is 0 Å². The van der Waals surface area contributed by atoms with E-state index in [4.69, 9.17) is 0 Å². The molecule has 4 aromatic rings. The Morgan fingerprint density at radius 2 is 1.21 bits per heavy atom. The van der Waals surface area contributed by atoms with Gasteiger partial charge in [0.2, 0.25) is 8.07 Å². The Labute approximate surface area is 203 Å². The van der Waals surface area contributed by atoms with Gasteiger partial charge in [0.25, 0.3) is 0 Å². The van der Waals surface area contributed by atoms with E-state index < -0.39 is 19.6 Å². The van der Waals surface area contributed by atoms with Gasteiger partial charge < -0.3 is 5.11 Å². The van der Waals surface area contributed by atoms with Crippen LogP contribution >= 0.6 is 0 Å². The fourth-order valence-corrected chi connectivity index (χ4v) is 9.01. The molecule has 2 atom stereocenters. The van der Waals surface area contributed by atoms with Gasteiger partial charge in [0, 0.05) is 11.0 Å². The first-order valence-corrected chi connectivity index (χ1v) is 13.7. The van der Waals surface area contributed by atoms with Crippen LogP contribution in [0.15, 0.2) is 127 Å². The van der Waals surface area contributed by atoms with Crippen LogP contribution in [0.1, 0.15) is 24.2 Å². The molecule has 0 spiro atoms. The van der Waals surface area contributed by atoms with E-state index in [0.29, 0.717) is 0 Å². The number of hydrogen-bond acceptors (Lipinski definition) is 1. The average Bonchev–Trinajstić information content (AvgIpc) is 3.17. The van der Waals surface area contributed by atoms with Crippen LogP contribution in [0.5, 0.6) is 0 Å². The maximum atomic E-state index is 11.2. The molecule has 4 aromatic carbocycles. The molecule has 0 radical (unpaired) electrons. The molecule has 1 nitrogen and oxygen atoms in total. The molecule has 0 fully saturated rings. The Hall–Kier alpha value is -3.64. The minimum absolute atomic E-state index is 0.513. The molecule has 0 unspecified atom stereocenters. The van der Waals surface area contributed by atoms with Crippen molar-refractivity contribution >= 4 is 23.6 Å². The van der Waals surface area contributed by atoms with E-state index in [1.54, 1.807) is 0 Å². The zero-order valence-corrected chi connectivity index (χ0v) is 20.4. The van der Waals surface area contributed by atoms with Gasteiger partial charge >= 0.3 is 0 Å². The van der Waals surface area contributed by atoms with E-state index in [9.17, 15) is 5.11 Å². The molecule has 166 valence electrons. The molecule has 1 N–H and O–H groups in total. The molecule has 0 saturated heterocycles. The molecule has 5 rings (SSSR count). The summed E-state index contributed by atoms with van der Waals surface area (Å²) in [5, 5.41) is 15.0. The summed E-state index contributed by atoms with van der Waals surface area (Å²) in [4.78, 5) is 0. The Bertz CT molecular complexity index is 1270. The van der Waals surface area contributed by atoms with Crippen molar-refractivity contribution in [3.8, 4) is 11.5 Å². The number of hydrogen-bond donors (Lipinski definition) is 1. The van der Waals surface area contributed by atoms with E-state index >= 15 is 0 Å². The average molecular weight is 457 g/mol. The van der Waals surface area contributed by atoms with Crippen molar-refractivity contribution in [3.05, 3.63) is 139 Å². The summed E-state index contributed by atoms with van der Waals surface area (Å²) in [5.41, 5.74) is 6.25. The van der Waals surface area contributed by atoms with Crippen LogP contribution < -0.4 is 15.6 Å². The molecule has 1 aliphatic rings. The molecule has 1 aliphatic carbocycles. The topological polar surface area (TPSA) is 20.2 Å². The van der Waals surface area contributed by atoms with Gasteiger partial charge in [-0.05, 0) is 33.1 Å². The number of fused-ring (bicyclic) bond motifs is 1. The van der Waals surface area contributed by atoms with Crippen molar-refractivity contribution in [2.24, 2.45) is 5.41 Å². The molecule has 2 heteroatoms. The first-order valence-electron chi connectivity index (χ1n) is 11.7. The normalized spacial score (nSPS) is 19.1. The van der Waals surface area contributed by atoms with Crippen molar-refractivity contribution in [1.29, 1.82) is 0 Å². The molecule has 34 heavy (non-hydrogen) atoms. The van der Waals surface area contributed by atoms with Gasteiger partial charge in [0.05, 0.1) is 6.10 Å². The number of benzene rings is 4. The van der Waals surface area contributed by atoms with Crippen LogP contribution in [0, 0.1) is 16.9 Å². The van der Waals surface area contributed by atoms with E-state index in [0.717, 1.165) is 17.6 Å². The van der Waals surface area contributed by atoms with Crippen LogP contribution in [-0.2, 0) is 6.42 Å². The van der Waals surface area contributed by atoms with Crippen molar-refractivity contribution in [2.45, 2.75) is 19.4 Å². The molecule has 0 bridgehead atoms. The van der Waals surface area contributed by atoms with Crippen molar-refractivity contribution in [3.63, 3.8) is 0 Å². The maximum Gasteiger partial charge on any atom is 0.230 e. The predicted octanol–water partition coefficient (Wildman–Crippen LogP) is 4.55. The lowest BCUT2D eigenvalue weighted by atomic mass is 9.78. The highest BCUT2D eigenvalue weighted by Gasteiger charge is 2.44. The Kier molecular flexibility index (Phi) is 5.83. The van der Waals surface area contributed by atoms with Crippen LogP contribution in [-0.4, -0.2) is 13.2 Å². The summed E-state index contributed by atoms with van der Waals surface area (Å²) in [6.07, 6.45) is 0.140. The van der Waals surface area contributed by atoms with Crippen LogP contribution in [0.3, 0.4) is 0 Å². The zero-order valence-electron chi connectivity index (χ0n) is 19.4. The van der Waals surface area contributed by atoms with Gasteiger partial charge in [-0.1, -0.05) is 135 Å². The highest BCUT2D eigenvalue weighted by atomic mass is 28.3. The van der Waals surface area contributed by atoms with Crippen LogP contribution in [0.2, 0.25) is 0 Å². The SMILES string of the molecule is C=C(C#C[Si](c1ccccc1)(c1ccccc1)c1ccccc1)[C@@]1(C)Cc2ccccc2[C@H]1O. The van der Waals surface area contributed by atoms with Gasteiger partial charge in [-0.3, -0.25) is 0 Å². The Morgan fingerprint density at radius 3 is 1.68 bits per heavy atom. The molecule has 0 heterocycles. The minimum atomic E-state index is -2.68. The predicted molar refractivity (Wildman–Crippen MR) is 144 cm³/mol. The lowest BCUT2D eigenvalue weighted by Crippen LogP contribution is -2.66. The molecule has 0 aromatic heterocycles. The molecular formula is C32H28OSi. The highest BCUT2D eigenvalue weighted by molar-refractivity contribution is 7.16. The van der Waals surface area contributed by atoms with E-state index in [1.807, 2.05) is 18.2 Å². The van der Waals surface area contributed by atoms with Crippen LogP contribution in [0.25, 0.3) is 0 Å². The highest BCUT2D eigenvalue weighted by Crippen LogP contribution is 2.49. The summed E-state index contributed by atoms with van der Waals surface area (Å²) < 4.78 is 0. The van der Waals surface area contributed by atoms with Gasteiger partial charge in [-0.25, -0.2) is 0 Å². The fourth-order valence-electron chi connectivity index (χ4n) is 5.16. The number of aliphatic hydroxyl groups excluding tert-OH is 1. The standard InChI is InChI=1S/C32H28OSi/c1-25(32(2)24-26-14-12-13-21-30(26)31(32)33)22-23-34(27-15-6-3-7-16-27,28-17-8-4-9-18-28)29-19-10-5-11-20-29/h3-21,31,33H,1,24H2,2H3/t31-,32-/m1/s1. The summed E-state index contributed by atoms with van der Waals surface area (Å²) in [7, 11) is -2.68. The largest absolute Gasteiger partial charge is 0.387 e. The van der Waals surface area contributed by atoms with Gasteiger partial charge in [-0.2, -0.15) is 0 Å². The third kappa shape index (κ3) is 3.64. The summed E-state index contributed by atoms with van der Waals surface area (Å²) in [6.45, 7) is 6.50. The van der Waals surface area contributed by atoms with Crippen molar-refractivity contribution in [1.82, 2.24) is 0 Å². The van der Waals surface area contributed by atoms with Gasteiger partial charge in [-0.15, -0.1) is 5.54 Å². The molecule has 0 aliphatic heterocycles. The monoisotopic (exact) mass is 456 g/mol. The third-order valence-electron chi connectivity index (χ3n) is 7.22. The zero-order chi connectivity index (χ0) is 23.6. The second-order valence-electron chi connectivity index (χ2n) is 9.27. The Morgan fingerprint density at radius 1 is 0.765 bits per heavy atom. The number of rotatable bonds is 4. The van der Waals surface area contributed by atoms with Crippen molar-refractivity contribution in [2.75, 3.05) is 0 Å². The first-order chi connectivity index (χ1) is 16.6. The fraction of sp³-hybridized carbons (Fsp3) is 0.125. The first kappa shape index (κ1) is 22.2. The maximum absolute atomic E-state index is 11.2. The van der Waals surface area contributed by atoms with E-state index in [1.165, 1.54) is 21.1 Å². The van der Waals surface area contributed by atoms with Crippen LogP contribution in [0.4, 0.5) is 0 Å². The lowest BCUT2D eigenvalue weighted by Gasteiger charge is -2.30. The van der Waals surface area contributed by atoms with E-state index in [-0.39, 0.29) is 0 Å². The van der Waals surface area contributed by atoms with E-state index in [2.05, 4.69) is 122 Å². The minimum Gasteiger partial charge on any atom is -0.387 e. The summed E-state index contributed by atoms with van der Waals surface area (Å²) in [5.74, 6) is 3.52. The molecular weight excluding hydrogens is 428 g/mol. The smallest absolute Gasteiger partial charge is 0.230 e. The third-order valence-corrected chi connectivity index (χ3v) is 11.3. The summed E-state index contributed by atoms with van der Waals surface area (Å²) >= 11 is 0. The second-order valence-corrected chi connectivity index (χ2v) is 12.8. The summed E-state index contributed by atoms with van der Waals surface area (Å²) in [6, 6.07) is 40.1. The van der Waals surface area contributed by atoms with Gasteiger partial charge in [0.15, 0.2) is 0 Å². The molecule has 0 saturated carbocycles. The quantitative estimate of drug-likeness (QED) is 0.271. The number of aliphatic hydroxyl groups is 1. The second kappa shape index (κ2) is 8.95.